The normalized spacial score (nSPS) is 12.2. The summed E-state index contributed by atoms with van der Waals surface area (Å²) in [5, 5.41) is 11.7. The van der Waals surface area contributed by atoms with Crippen molar-refractivity contribution < 1.29 is 14.3 Å². The number of hydrogen-bond acceptors (Lipinski definition) is 3. The molecule has 19 heavy (non-hydrogen) atoms. The van der Waals surface area contributed by atoms with Crippen LogP contribution in [0.3, 0.4) is 0 Å². The number of halogens is 1. The Kier molecular flexibility index (Phi) is 6.29. The molecule has 4 nitrogen and oxygen atoms in total. The second kappa shape index (κ2) is 7.74. The number of rotatable bonds is 7. The zero-order chi connectivity index (χ0) is 14.3. The van der Waals surface area contributed by atoms with Crippen molar-refractivity contribution in [3.63, 3.8) is 0 Å². The average molecular weight is 268 g/mol. The summed E-state index contributed by atoms with van der Waals surface area (Å²) in [7, 11) is 0. The number of aliphatic hydroxyl groups is 1. The van der Waals surface area contributed by atoms with Gasteiger partial charge >= 0.3 is 0 Å². The Bertz CT molecular complexity index is 398. The molecule has 0 saturated carbocycles. The highest BCUT2D eigenvalue weighted by Gasteiger charge is 2.12. The third kappa shape index (κ3) is 5.26. The summed E-state index contributed by atoms with van der Waals surface area (Å²) in [5.74, 6) is -0.624. The molecule has 1 unspecified atom stereocenters. The summed E-state index contributed by atoms with van der Waals surface area (Å²) in [6.45, 7) is 2.64. The van der Waals surface area contributed by atoms with E-state index in [1.165, 1.54) is 12.1 Å². The molecule has 1 rings (SSSR count). The van der Waals surface area contributed by atoms with Crippen LogP contribution in [-0.2, 0) is 0 Å². The Morgan fingerprint density at radius 2 is 2.16 bits per heavy atom. The van der Waals surface area contributed by atoms with Gasteiger partial charge in [0.2, 0.25) is 0 Å². The van der Waals surface area contributed by atoms with E-state index in [2.05, 4.69) is 12.2 Å². The first-order chi connectivity index (χ1) is 9.06. The lowest BCUT2D eigenvalue weighted by Crippen LogP contribution is -2.30. The number of nitrogens with one attached hydrogen (secondary N) is 1. The highest BCUT2D eigenvalue weighted by atomic mass is 19.1. The Morgan fingerprint density at radius 3 is 2.74 bits per heavy atom. The summed E-state index contributed by atoms with van der Waals surface area (Å²) in [6, 6.07) is 3.77. The van der Waals surface area contributed by atoms with E-state index >= 15 is 0 Å². The zero-order valence-corrected chi connectivity index (χ0v) is 11.2. The van der Waals surface area contributed by atoms with E-state index in [0.29, 0.717) is 13.0 Å². The molecule has 1 amide bonds. The van der Waals surface area contributed by atoms with Crippen LogP contribution >= 0.6 is 0 Å². The molecule has 0 fully saturated rings. The van der Waals surface area contributed by atoms with Crippen molar-refractivity contribution in [1.82, 2.24) is 5.32 Å². The number of benzene rings is 1. The van der Waals surface area contributed by atoms with E-state index in [0.717, 1.165) is 18.9 Å². The number of aliphatic hydroxyl groups excluding tert-OH is 1. The molecule has 0 radical (unpaired) electrons. The van der Waals surface area contributed by atoms with Gasteiger partial charge in [-0.3, -0.25) is 4.79 Å². The van der Waals surface area contributed by atoms with Gasteiger partial charge in [-0.1, -0.05) is 13.3 Å². The summed E-state index contributed by atoms with van der Waals surface area (Å²) in [6.07, 6.45) is 2.58. The topological polar surface area (TPSA) is 75.3 Å². The van der Waals surface area contributed by atoms with E-state index in [1.807, 2.05) is 0 Å². The van der Waals surface area contributed by atoms with E-state index in [4.69, 9.17) is 10.8 Å². The molecule has 0 bridgehead atoms. The molecule has 0 aliphatic rings. The largest absolute Gasteiger partial charge is 0.399 e. The van der Waals surface area contributed by atoms with Gasteiger partial charge in [-0.15, -0.1) is 0 Å². The van der Waals surface area contributed by atoms with E-state index in [9.17, 15) is 9.18 Å². The van der Waals surface area contributed by atoms with Crippen molar-refractivity contribution in [2.75, 3.05) is 18.9 Å². The molecule has 1 aromatic carbocycles. The van der Waals surface area contributed by atoms with Crippen LogP contribution < -0.4 is 11.1 Å². The number of hydrogen-bond donors (Lipinski definition) is 3. The Balaban J connectivity index is 2.58. The number of carbonyl (C=O) groups excluding carboxylic acids is 1. The fourth-order valence-corrected chi connectivity index (χ4v) is 2.02. The lowest BCUT2D eigenvalue weighted by atomic mass is 10.00. The maximum Gasteiger partial charge on any atom is 0.251 e. The Hall–Kier alpha value is -1.62. The van der Waals surface area contributed by atoms with Gasteiger partial charge < -0.3 is 16.2 Å². The first-order valence-corrected chi connectivity index (χ1v) is 6.52. The lowest BCUT2D eigenvalue weighted by Gasteiger charge is -2.15. The Morgan fingerprint density at radius 1 is 1.42 bits per heavy atom. The zero-order valence-electron chi connectivity index (χ0n) is 11.2. The number of nitrogen functional groups attached to an aromatic ring is 1. The smallest absolute Gasteiger partial charge is 0.251 e. The summed E-state index contributed by atoms with van der Waals surface area (Å²) >= 11 is 0. The van der Waals surface area contributed by atoms with Gasteiger partial charge in [-0.25, -0.2) is 4.39 Å². The summed E-state index contributed by atoms with van der Waals surface area (Å²) in [4.78, 5) is 11.9. The van der Waals surface area contributed by atoms with Gasteiger partial charge in [0, 0.05) is 24.4 Å². The van der Waals surface area contributed by atoms with E-state index in [1.54, 1.807) is 0 Å². The molecule has 5 heteroatoms. The lowest BCUT2D eigenvalue weighted by molar-refractivity contribution is 0.0942. The van der Waals surface area contributed by atoms with Crippen molar-refractivity contribution in [1.29, 1.82) is 0 Å². The molecular formula is C14H21FN2O2. The maximum atomic E-state index is 13.1. The number of amides is 1. The monoisotopic (exact) mass is 268 g/mol. The number of anilines is 1. The second-order valence-corrected chi connectivity index (χ2v) is 4.65. The molecule has 0 aromatic heterocycles. The van der Waals surface area contributed by atoms with Crippen LogP contribution in [0.5, 0.6) is 0 Å². The van der Waals surface area contributed by atoms with Crippen molar-refractivity contribution in [3.8, 4) is 0 Å². The highest BCUT2D eigenvalue weighted by Crippen LogP contribution is 2.12. The van der Waals surface area contributed by atoms with Crippen LogP contribution in [0.2, 0.25) is 0 Å². The van der Waals surface area contributed by atoms with Crippen molar-refractivity contribution in [2.24, 2.45) is 5.92 Å². The van der Waals surface area contributed by atoms with Crippen LogP contribution in [0.15, 0.2) is 18.2 Å². The highest BCUT2D eigenvalue weighted by molar-refractivity contribution is 5.95. The van der Waals surface area contributed by atoms with Crippen molar-refractivity contribution in [3.05, 3.63) is 29.6 Å². The molecule has 106 valence electrons. The van der Waals surface area contributed by atoms with Crippen molar-refractivity contribution in [2.45, 2.75) is 26.2 Å². The van der Waals surface area contributed by atoms with Crippen LogP contribution in [0, 0.1) is 11.7 Å². The van der Waals surface area contributed by atoms with E-state index in [-0.39, 0.29) is 29.7 Å². The standard InChI is InChI=1S/C14H21FN2O2/c1-2-3-10(4-5-18)9-17-14(19)11-6-12(15)8-13(16)7-11/h6-8,10,18H,2-5,9,16H2,1H3,(H,17,19). The first kappa shape index (κ1) is 15.4. The minimum atomic E-state index is -0.523. The summed E-state index contributed by atoms with van der Waals surface area (Å²) in [5.41, 5.74) is 5.94. The van der Waals surface area contributed by atoms with Crippen LogP contribution in [0.4, 0.5) is 10.1 Å². The Labute approximate surface area is 112 Å². The minimum absolute atomic E-state index is 0.105. The van der Waals surface area contributed by atoms with Gasteiger partial charge in [0.25, 0.3) is 5.91 Å². The molecule has 0 aliphatic carbocycles. The third-order valence-corrected chi connectivity index (χ3v) is 2.97. The van der Waals surface area contributed by atoms with E-state index < -0.39 is 5.82 Å². The predicted octanol–water partition coefficient (Wildman–Crippen LogP) is 1.94. The van der Waals surface area contributed by atoms with Gasteiger partial charge in [-0.05, 0) is 37.0 Å². The fourth-order valence-electron chi connectivity index (χ4n) is 2.02. The van der Waals surface area contributed by atoms with Crippen molar-refractivity contribution >= 4 is 11.6 Å². The fraction of sp³-hybridized carbons (Fsp3) is 0.500. The quantitative estimate of drug-likeness (QED) is 0.661. The maximum absolute atomic E-state index is 13.1. The first-order valence-electron chi connectivity index (χ1n) is 6.52. The van der Waals surface area contributed by atoms with Crippen LogP contribution in [0.1, 0.15) is 36.5 Å². The average Bonchev–Trinajstić information content (AvgIpc) is 2.35. The minimum Gasteiger partial charge on any atom is -0.399 e. The summed E-state index contributed by atoms with van der Waals surface area (Å²) < 4.78 is 13.1. The SMILES string of the molecule is CCCC(CCO)CNC(=O)c1cc(N)cc(F)c1. The molecule has 0 saturated heterocycles. The number of carbonyl (C=O) groups is 1. The molecule has 4 N–H and O–H groups in total. The molecule has 0 aliphatic heterocycles. The molecule has 1 aromatic rings. The second-order valence-electron chi connectivity index (χ2n) is 4.65. The van der Waals surface area contributed by atoms with Gasteiger partial charge in [0.15, 0.2) is 0 Å². The van der Waals surface area contributed by atoms with Gasteiger partial charge in [-0.2, -0.15) is 0 Å². The molecule has 0 spiro atoms. The van der Waals surface area contributed by atoms with Crippen LogP contribution in [-0.4, -0.2) is 24.2 Å². The third-order valence-electron chi connectivity index (χ3n) is 2.97. The molecule has 1 atom stereocenters. The van der Waals surface area contributed by atoms with Gasteiger partial charge in [0.1, 0.15) is 5.82 Å². The number of nitrogens with two attached hydrogens (primary N) is 1. The molecular weight excluding hydrogens is 247 g/mol. The van der Waals surface area contributed by atoms with Crippen LogP contribution in [0.25, 0.3) is 0 Å². The predicted molar refractivity (Wildman–Crippen MR) is 73.2 cm³/mol. The van der Waals surface area contributed by atoms with Gasteiger partial charge in [0.05, 0.1) is 0 Å². The molecule has 0 heterocycles.